The number of nitrogens with zero attached hydrogens (tertiary/aromatic N) is 5. The summed E-state index contributed by atoms with van der Waals surface area (Å²) in [5, 5.41) is 5.27. The number of anilines is 1. The van der Waals surface area contributed by atoms with Crippen LogP contribution in [0.5, 0.6) is 0 Å². The standard InChI is InChI=1S/C13H20N6O/c1-18-12-11(8-17-18)13(16-9-15-12)19-5-2-10(3-6-19)20-7-4-14/h8-10H,2-7,14H2,1H3. The molecule has 3 heterocycles. The number of ether oxygens (including phenoxy) is 1. The summed E-state index contributed by atoms with van der Waals surface area (Å²) in [5.74, 6) is 0.973. The van der Waals surface area contributed by atoms with Crippen molar-refractivity contribution in [2.75, 3.05) is 31.1 Å². The van der Waals surface area contributed by atoms with Crippen LogP contribution in [0.4, 0.5) is 5.82 Å². The van der Waals surface area contributed by atoms with E-state index in [0.29, 0.717) is 19.3 Å². The Morgan fingerprint density at radius 3 is 2.90 bits per heavy atom. The minimum Gasteiger partial charge on any atom is -0.377 e. The second kappa shape index (κ2) is 5.72. The molecule has 1 fully saturated rings. The summed E-state index contributed by atoms with van der Waals surface area (Å²) >= 11 is 0. The van der Waals surface area contributed by atoms with E-state index in [1.807, 2.05) is 13.2 Å². The predicted molar refractivity (Wildman–Crippen MR) is 76.5 cm³/mol. The molecule has 0 saturated carbocycles. The first-order chi connectivity index (χ1) is 9.79. The summed E-state index contributed by atoms with van der Waals surface area (Å²) in [6.07, 6.45) is 5.77. The summed E-state index contributed by atoms with van der Waals surface area (Å²) in [6.45, 7) is 3.11. The number of piperidine rings is 1. The van der Waals surface area contributed by atoms with Crippen molar-refractivity contribution in [1.82, 2.24) is 19.7 Å². The van der Waals surface area contributed by atoms with Crippen LogP contribution in [0.1, 0.15) is 12.8 Å². The first kappa shape index (κ1) is 13.3. The van der Waals surface area contributed by atoms with E-state index in [9.17, 15) is 0 Å². The van der Waals surface area contributed by atoms with E-state index in [1.165, 1.54) is 0 Å². The normalized spacial score (nSPS) is 17.0. The molecule has 0 unspecified atom stereocenters. The Balaban J connectivity index is 1.73. The quantitative estimate of drug-likeness (QED) is 0.865. The van der Waals surface area contributed by atoms with Crippen LogP contribution in [0.2, 0.25) is 0 Å². The summed E-state index contributed by atoms with van der Waals surface area (Å²) < 4.78 is 7.48. The maximum atomic E-state index is 5.71. The summed E-state index contributed by atoms with van der Waals surface area (Å²) in [7, 11) is 1.89. The Labute approximate surface area is 117 Å². The number of aryl methyl sites for hydroxylation is 1. The van der Waals surface area contributed by atoms with Crippen molar-refractivity contribution >= 4 is 16.9 Å². The summed E-state index contributed by atoms with van der Waals surface area (Å²) in [5.41, 5.74) is 6.34. The maximum Gasteiger partial charge on any atom is 0.163 e. The van der Waals surface area contributed by atoms with Crippen molar-refractivity contribution < 1.29 is 4.74 Å². The van der Waals surface area contributed by atoms with Crippen LogP contribution in [0.3, 0.4) is 0 Å². The highest BCUT2D eigenvalue weighted by atomic mass is 16.5. The highest BCUT2D eigenvalue weighted by Gasteiger charge is 2.22. The van der Waals surface area contributed by atoms with Crippen molar-refractivity contribution in [3.05, 3.63) is 12.5 Å². The Morgan fingerprint density at radius 1 is 1.35 bits per heavy atom. The van der Waals surface area contributed by atoms with Gasteiger partial charge in [-0.2, -0.15) is 5.10 Å². The van der Waals surface area contributed by atoms with Gasteiger partial charge < -0.3 is 15.4 Å². The van der Waals surface area contributed by atoms with Crippen LogP contribution in [0.15, 0.2) is 12.5 Å². The molecule has 2 aromatic heterocycles. The lowest BCUT2D eigenvalue weighted by atomic mass is 10.1. The minimum atomic E-state index is 0.320. The largest absolute Gasteiger partial charge is 0.377 e. The van der Waals surface area contributed by atoms with E-state index < -0.39 is 0 Å². The molecule has 0 aliphatic carbocycles. The molecule has 0 bridgehead atoms. The molecule has 3 rings (SSSR count). The molecule has 2 aromatic rings. The van der Waals surface area contributed by atoms with E-state index in [4.69, 9.17) is 10.5 Å². The second-order valence-electron chi connectivity index (χ2n) is 5.05. The Kier molecular flexibility index (Phi) is 3.79. The van der Waals surface area contributed by atoms with Crippen LogP contribution in [0.25, 0.3) is 11.0 Å². The van der Waals surface area contributed by atoms with Gasteiger partial charge in [0.05, 0.1) is 24.3 Å². The lowest BCUT2D eigenvalue weighted by molar-refractivity contribution is 0.0421. The van der Waals surface area contributed by atoms with Crippen LogP contribution >= 0.6 is 0 Å². The van der Waals surface area contributed by atoms with Gasteiger partial charge in [-0.1, -0.05) is 0 Å². The zero-order chi connectivity index (χ0) is 13.9. The molecule has 7 heteroatoms. The van der Waals surface area contributed by atoms with Gasteiger partial charge in [-0.15, -0.1) is 0 Å². The smallest absolute Gasteiger partial charge is 0.163 e. The van der Waals surface area contributed by atoms with Crippen molar-refractivity contribution in [3.8, 4) is 0 Å². The van der Waals surface area contributed by atoms with E-state index in [1.54, 1.807) is 11.0 Å². The van der Waals surface area contributed by atoms with Gasteiger partial charge in [0.1, 0.15) is 12.1 Å². The van der Waals surface area contributed by atoms with Crippen LogP contribution in [0, 0.1) is 0 Å². The molecule has 1 aliphatic heterocycles. The molecule has 0 radical (unpaired) electrons. The molecule has 20 heavy (non-hydrogen) atoms. The molecule has 0 atom stereocenters. The third-order valence-corrected chi connectivity index (χ3v) is 3.72. The van der Waals surface area contributed by atoms with Crippen molar-refractivity contribution in [3.63, 3.8) is 0 Å². The Bertz CT molecular complexity index is 575. The van der Waals surface area contributed by atoms with Gasteiger partial charge in [0, 0.05) is 26.7 Å². The van der Waals surface area contributed by atoms with Gasteiger partial charge in [-0.3, -0.25) is 4.68 Å². The number of hydrogen-bond donors (Lipinski definition) is 1. The first-order valence-electron chi connectivity index (χ1n) is 6.99. The molecule has 0 spiro atoms. The van der Waals surface area contributed by atoms with Gasteiger partial charge in [0.15, 0.2) is 5.65 Å². The molecular formula is C13H20N6O. The van der Waals surface area contributed by atoms with Gasteiger partial charge in [0.25, 0.3) is 0 Å². The zero-order valence-corrected chi connectivity index (χ0v) is 11.7. The molecule has 1 saturated heterocycles. The number of hydrogen-bond acceptors (Lipinski definition) is 6. The highest BCUT2D eigenvalue weighted by molar-refractivity contribution is 5.86. The van der Waals surface area contributed by atoms with Crippen LogP contribution in [-0.4, -0.2) is 52.1 Å². The lowest BCUT2D eigenvalue weighted by Crippen LogP contribution is -2.38. The van der Waals surface area contributed by atoms with Crippen molar-refractivity contribution in [2.45, 2.75) is 18.9 Å². The van der Waals surface area contributed by atoms with E-state index in [2.05, 4.69) is 20.0 Å². The Hall–Kier alpha value is -1.73. The van der Waals surface area contributed by atoms with E-state index >= 15 is 0 Å². The van der Waals surface area contributed by atoms with E-state index in [-0.39, 0.29) is 0 Å². The molecule has 108 valence electrons. The maximum absolute atomic E-state index is 5.71. The lowest BCUT2D eigenvalue weighted by Gasteiger charge is -2.32. The van der Waals surface area contributed by atoms with Gasteiger partial charge in [-0.25, -0.2) is 9.97 Å². The van der Waals surface area contributed by atoms with Gasteiger partial charge in [-0.05, 0) is 12.8 Å². The minimum absolute atomic E-state index is 0.320. The summed E-state index contributed by atoms with van der Waals surface area (Å²) in [6, 6.07) is 0. The highest BCUT2D eigenvalue weighted by Crippen LogP contribution is 2.25. The monoisotopic (exact) mass is 276 g/mol. The second-order valence-corrected chi connectivity index (χ2v) is 5.05. The predicted octanol–water partition coefficient (Wildman–Crippen LogP) is 0.307. The molecule has 0 amide bonds. The SMILES string of the molecule is Cn1ncc2c(N3CCC(OCCN)CC3)ncnc21. The van der Waals surface area contributed by atoms with Crippen LogP contribution < -0.4 is 10.6 Å². The average molecular weight is 276 g/mol. The molecule has 1 aliphatic rings. The molecule has 7 nitrogen and oxygen atoms in total. The third kappa shape index (κ3) is 2.46. The van der Waals surface area contributed by atoms with Crippen LogP contribution in [-0.2, 0) is 11.8 Å². The number of fused-ring (bicyclic) bond motifs is 1. The fourth-order valence-corrected chi connectivity index (χ4v) is 2.67. The fraction of sp³-hybridized carbons (Fsp3) is 0.615. The number of rotatable bonds is 4. The van der Waals surface area contributed by atoms with Crippen molar-refractivity contribution in [2.24, 2.45) is 12.8 Å². The fourth-order valence-electron chi connectivity index (χ4n) is 2.67. The van der Waals surface area contributed by atoms with E-state index in [0.717, 1.165) is 42.8 Å². The Morgan fingerprint density at radius 2 is 2.15 bits per heavy atom. The first-order valence-corrected chi connectivity index (χ1v) is 6.99. The topological polar surface area (TPSA) is 82.1 Å². The molecular weight excluding hydrogens is 256 g/mol. The van der Waals surface area contributed by atoms with Gasteiger partial charge in [0.2, 0.25) is 0 Å². The van der Waals surface area contributed by atoms with Gasteiger partial charge >= 0.3 is 0 Å². The average Bonchev–Trinajstić information content (AvgIpc) is 2.87. The third-order valence-electron chi connectivity index (χ3n) is 3.72. The molecule has 2 N–H and O–H groups in total. The number of nitrogens with two attached hydrogens (primary N) is 1. The zero-order valence-electron chi connectivity index (χ0n) is 11.7. The van der Waals surface area contributed by atoms with Crippen molar-refractivity contribution in [1.29, 1.82) is 0 Å². The summed E-state index contributed by atoms with van der Waals surface area (Å²) in [4.78, 5) is 11.0. The molecule has 0 aromatic carbocycles. The number of aromatic nitrogens is 4.